The van der Waals surface area contributed by atoms with E-state index >= 15 is 0 Å². The number of H-pyrrole nitrogens is 1. The number of amides is 1. The lowest BCUT2D eigenvalue weighted by Crippen LogP contribution is -2.39. The van der Waals surface area contributed by atoms with Gasteiger partial charge in [0.1, 0.15) is 0 Å². The largest absolute Gasteiger partial charge is 0.334 e. The highest BCUT2D eigenvalue weighted by Gasteiger charge is 2.32. The maximum Gasteiger partial charge on any atom is 0.256 e. The minimum Gasteiger partial charge on any atom is -0.334 e. The molecule has 0 aliphatic carbocycles. The van der Waals surface area contributed by atoms with Gasteiger partial charge in [-0.3, -0.25) is 9.59 Å². The molecule has 0 fully saturated rings. The number of benzene rings is 1. The van der Waals surface area contributed by atoms with Gasteiger partial charge < -0.3 is 9.88 Å². The van der Waals surface area contributed by atoms with Crippen molar-refractivity contribution in [2.75, 3.05) is 6.54 Å². The highest BCUT2D eigenvalue weighted by molar-refractivity contribution is 9.10. The Labute approximate surface area is 201 Å². The van der Waals surface area contributed by atoms with Crippen LogP contribution in [0.15, 0.2) is 26.8 Å². The molecule has 5 rings (SSSR count). The molecule has 1 aromatic carbocycles. The third-order valence-electron chi connectivity index (χ3n) is 5.97. The summed E-state index contributed by atoms with van der Waals surface area (Å²) >= 11 is 12.0. The second kappa shape index (κ2) is 7.83. The number of nitrogens with one attached hydrogen (secondary N) is 1. The topological polar surface area (TPSA) is 83.9 Å². The van der Waals surface area contributed by atoms with Crippen LogP contribution in [0, 0.1) is 13.8 Å². The van der Waals surface area contributed by atoms with E-state index in [9.17, 15) is 9.59 Å². The molecule has 0 unspecified atom stereocenters. The first-order valence-corrected chi connectivity index (χ1v) is 12.1. The number of aromatic nitrogens is 4. The summed E-state index contributed by atoms with van der Waals surface area (Å²) in [7, 11) is 1.79. The van der Waals surface area contributed by atoms with E-state index in [0.717, 1.165) is 37.2 Å². The van der Waals surface area contributed by atoms with Crippen LogP contribution in [0.2, 0.25) is 5.02 Å². The van der Waals surface area contributed by atoms with Crippen molar-refractivity contribution in [3.63, 3.8) is 0 Å². The molecule has 3 aromatic heterocycles. The SMILES string of the molecule is Cc1nnn(C)c1-c1cc(Br)c2c(c1Cl)C(=O)N(Cc1c(=O)[nH]c(C)c3ccsc13)CC2. The number of hydrogen-bond acceptors (Lipinski definition) is 5. The van der Waals surface area contributed by atoms with Crippen molar-refractivity contribution in [1.82, 2.24) is 24.9 Å². The molecule has 7 nitrogen and oxygen atoms in total. The number of thiophene rings is 1. The Morgan fingerprint density at radius 1 is 1.31 bits per heavy atom. The monoisotopic (exact) mass is 531 g/mol. The first kappa shape index (κ1) is 21.4. The van der Waals surface area contributed by atoms with Crippen molar-refractivity contribution in [3.05, 3.63) is 65.4 Å². The second-order valence-electron chi connectivity index (χ2n) is 7.92. The predicted molar refractivity (Wildman–Crippen MR) is 130 cm³/mol. The molecule has 0 radical (unpaired) electrons. The van der Waals surface area contributed by atoms with Crippen molar-refractivity contribution < 1.29 is 4.79 Å². The number of aromatic amines is 1. The molecule has 1 amide bonds. The summed E-state index contributed by atoms with van der Waals surface area (Å²) in [5, 5.41) is 11.5. The average molecular weight is 533 g/mol. The molecular formula is C22H19BrClN5O2S. The van der Waals surface area contributed by atoms with Crippen LogP contribution in [-0.2, 0) is 20.0 Å². The maximum absolute atomic E-state index is 13.6. The maximum atomic E-state index is 13.6. The van der Waals surface area contributed by atoms with Gasteiger partial charge in [-0.1, -0.05) is 32.7 Å². The zero-order valence-electron chi connectivity index (χ0n) is 17.6. The van der Waals surface area contributed by atoms with Gasteiger partial charge in [0.05, 0.1) is 34.1 Å². The normalized spacial score (nSPS) is 13.8. The van der Waals surface area contributed by atoms with Gasteiger partial charge in [0.25, 0.3) is 11.5 Å². The number of carbonyl (C=O) groups is 1. The van der Waals surface area contributed by atoms with Crippen molar-refractivity contribution in [2.24, 2.45) is 7.05 Å². The van der Waals surface area contributed by atoms with Gasteiger partial charge in [-0.05, 0) is 43.3 Å². The van der Waals surface area contributed by atoms with Crippen LogP contribution in [0.4, 0.5) is 0 Å². The molecule has 0 bridgehead atoms. The first-order valence-electron chi connectivity index (χ1n) is 10.0. The molecule has 0 saturated heterocycles. The molecule has 164 valence electrons. The van der Waals surface area contributed by atoms with Crippen LogP contribution in [-0.4, -0.2) is 37.3 Å². The van der Waals surface area contributed by atoms with Gasteiger partial charge in [-0.15, -0.1) is 16.4 Å². The Hall–Kier alpha value is -2.49. The molecular weight excluding hydrogens is 514 g/mol. The molecule has 4 heterocycles. The van der Waals surface area contributed by atoms with E-state index in [1.165, 1.54) is 11.3 Å². The number of rotatable bonds is 3. The molecule has 10 heteroatoms. The lowest BCUT2D eigenvalue weighted by Gasteiger charge is -2.30. The number of aryl methyl sites for hydroxylation is 3. The van der Waals surface area contributed by atoms with E-state index < -0.39 is 0 Å². The van der Waals surface area contributed by atoms with Gasteiger partial charge in [-0.2, -0.15) is 0 Å². The van der Waals surface area contributed by atoms with E-state index in [0.29, 0.717) is 34.7 Å². The highest BCUT2D eigenvalue weighted by atomic mass is 79.9. The molecule has 1 aliphatic rings. The third kappa shape index (κ3) is 3.22. The zero-order chi connectivity index (χ0) is 22.7. The Kier molecular flexibility index (Phi) is 5.22. The second-order valence-corrected chi connectivity index (χ2v) is 10.1. The zero-order valence-corrected chi connectivity index (χ0v) is 20.8. The summed E-state index contributed by atoms with van der Waals surface area (Å²) in [6.07, 6.45) is 0.641. The molecule has 0 spiro atoms. The molecule has 1 N–H and O–H groups in total. The average Bonchev–Trinajstić information content (AvgIpc) is 3.36. The van der Waals surface area contributed by atoms with Gasteiger partial charge in [0, 0.05) is 39.4 Å². The molecule has 0 saturated carbocycles. The van der Waals surface area contributed by atoms with E-state index in [2.05, 4.69) is 31.2 Å². The Morgan fingerprint density at radius 2 is 2.09 bits per heavy atom. The number of fused-ring (bicyclic) bond motifs is 2. The van der Waals surface area contributed by atoms with Crippen molar-refractivity contribution >= 4 is 54.9 Å². The number of carbonyl (C=O) groups excluding carboxylic acids is 1. The standard InChI is InChI=1S/C22H19BrClN5O2S/c1-10-12-5-7-32-20(12)15(21(30)25-10)9-29-6-4-13-16(23)8-14(18(24)17(13)22(29)31)19-11(2)26-27-28(19)3/h5,7-8H,4,6,9H2,1-3H3,(H,25,30). The number of nitrogens with zero attached hydrogens (tertiary/aromatic N) is 4. The van der Waals surface area contributed by atoms with Crippen molar-refractivity contribution in [2.45, 2.75) is 26.8 Å². The van der Waals surface area contributed by atoms with Gasteiger partial charge in [0.2, 0.25) is 0 Å². The van der Waals surface area contributed by atoms with Gasteiger partial charge in [-0.25, -0.2) is 4.68 Å². The van der Waals surface area contributed by atoms with Crippen molar-refractivity contribution in [1.29, 1.82) is 0 Å². The van der Waals surface area contributed by atoms with E-state index in [-0.39, 0.29) is 18.0 Å². The summed E-state index contributed by atoms with van der Waals surface area (Å²) < 4.78 is 3.40. The number of hydrogen-bond donors (Lipinski definition) is 1. The van der Waals surface area contributed by atoms with Crippen LogP contribution in [0.25, 0.3) is 21.3 Å². The fraction of sp³-hybridized carbons (Fsp3) is 0.273. The summed E-state index contributed by atoms with van der Waals surface area (Å²) in [6.45, 7) is 4.48. The molecule has 0 atom stereocenters. The quantitative estimate of drug-likeness (QED) is 0.417. The van der Waals surface area contributed by atoms with Crippen LogP contribution < -0.4 is 5.56 Å². The van der Waals surface area contributed by atoms with Crippen LogP contribution in [0.1, 0.15) is 32.9 Å². The minimum atomic E-state index is -0.184. The first-order chi connectivity index (χ1) is 15.3. The van der Waals surface area contributed by atoms with Crippen molar-refractivity contribution in [3.8, 4) is 11.3 Å². The van der Waals surface area contributed by atoms with Crippen LogP contribution in [0.3, 0.4) is 0 Å². The predicted octanol–water partition coefficient (Wildman–Crippen LogP) is 4.62. The lowest BCUT2D eigenvalue weighted by atomic mass is 9.94. The molecule has 1 aliphatic heterocycles. The summed E-state index contributed by atoms with van der Waals surface area (Å²) in [6, 6.07) is 3.92. The number of pyridine rings is 1. The smallest absolute Gasteiger partial charge is 0.256 e. The van der Waals surface area contributed by atoms with Crippen LogP contribution in [0.5, 0.6) is 0 Å². The fourth-order valence-electron chi connectivity index (χ4n) is 4.38. The Balaban J connectivity index is 1.60. The van der Waals surface area contributed by atoms with E-state index in [4.69, 9.17) is 11.6 Å². The molecule has 4 aromatic rings. The third-order valence-corrected chi connectivity index (χ3v) is 8.04. The summed E-state index contributed by atoms with van der Waals surface area (Å²) in [4.78, 5) is 31.0. The van der Waals surface area contributed by atoms with Crippen LogP contribution >= 0.6 is 38.9 Å². The fourth-order valence-corrected chi connectivity index (χ4v) is 6.33. The molecule has 32 heavy (non-hydrogen) atoms. The van der Waals surface area contributed by atoms with E-state index in [1.54, 1.807) is 16.6 Å². The van der Waals surface area contributed by atoms with E-state index in [1.807, 2.05) is 31.4 Å². The van der Waals surface area contributed by atoms with Gasteiger partial charge in [0.15, 0.2) is 0 Å². The Morgan fingerprint density at radius 3 is 2.81 bits per heavy atom. The Bertz CT molecular complexity index is 1450. The summed E-state index contributed by atoms with van der Waals surface area (Å²) in [5.74, 6) is -0.184. The van der Waals surface area contributed by atoms with Gasteiger partial charge >= 0.3 is 0 Å². The summed E-state index contributed by atoms with van der Waals surface area (Å²) in [5.41, 5.74) is 4.82. The number of halogens is 2. The highest BCUT2D eigenvalue weighted by Crippen LogP contribution is 2.40. The minimum absolute atomic E-state index is 0.159. The lowest BCUT2D eigenvalue weighted by molar-refractivity contribution is 0.0727.